The van der Waals surface area contributed by atoms with Crippen LogP contribution in [0, 0.1) is 0 Å². The first-order chi connectivity index (χ1) is 18.7. The number of anilines is 1. The molecule has 2 unspecified atom stereocenters. The summed E-state index contributed by atoms with van der Waals surface area (Å²) in [5, 5.41) is 6.10. The molecule has 192 valence electrons. The summed E-state index contributed by atoms with van der Waals surface area (Å²) >= 11 is 0. The molecule has 0 saturated carbocycles. The van der Waals surface area contributed by atoms with Crippen LogP contribution in [0.25, 0.3) is 16.3 Å². The summed E-state index contributed by atoms with van der Waals surface area (Å²) in [7, 11) is 1.67. The van der Waals surface area contributed by atoms with Crippen molar-refractivity contribution in [3.8, 4) is 11.5 Å². The summed E-state index contributed by atoms with van der Waals surface area (Å²) in [6.45, 7) is 2.90. The number of unbranched alkanes of at least 4 members (excludes halogenated alkanes) is 1. The minimum Gasteiger partial charge on any atom is -0.497 e. The lowest BCUT2D eigenvalue weighted by Gasteiger charge is -2.37. The Labute approximate surface area is 224 Å². The van der Waals surface area contributed by atoms with E-state index in [0.29, 0.717) is 6.42 Å². The number of carbonyl (C=O) groups is 1. The van der Waals surface area contributed by atoms with Crippen LogP contribution in [0.3, 0.4) is 0 Å². The van der Waals surface area contributed by atoms with Crippen molar-refractivity contribution in [3.05, 3.63) is 107 Å². The number of hydrogen-bond acceptors (Lipinski definition) is 4. The maximum absolute atomic E-state index is 14.0. The molecule has 4 nitrogen and oxygen atoms in total. The number of fused-ring (bicyclic) bond motifs is 4. The Morgan fingerprint density at radius 2 is 1.58 bits per heavy atom. The zero-order valence-corrected chi connectivity index (χ0v) is 22.0. The number of carbonyl (C=O) groups excluding carboxylic acids is 1. The fraction of sp³-hybridized carbons (Fsp3) is 0.265. The van der Waals surface area contributed by atoms with Gasteiger partial charge in [0.2, 0.25) is 0 Å². The number of ether oxygens (including phenoxy) is 2. The molecule has 4 heteroatoms. The Morgan fingerprint density at radius 1 is 0.842 bits per heavy atom. The van der Waals surface area contributed by atoms with E-state index in [2.05, 4.69) is 72.9 Å². The Morgan fingerprint density at radius 3 is 2.34 bits per heavy atom. The zero-order valence-electron chi connectivity index (χ0n) is 22.0. The minimum absolute atomic E-state index is 0.132. The molecule has 1 N–H and O–H groups in total. The Kier molecular flexibility index (Phi) is 6.63. The van der Waals surface area contributed by atoms with Crippen molar-refractivity contribution >= 4 is 27.8 Å². The molecule has 0 saturated heterocycles. The van der Waals surface area contributed by atoms with Crippen LogP contribution < -0.4 is 14.8 Å². The fourth-order valence-electron chi connectivity index (χ4n) is 5.90. The molecular formula is C34H33NO3. The molecule has 0 fully saturated rings. The SMILES string of the molecule is CCCCOc1ccc(C2CC(=O)C3=C(C2)c2c(ccc4ccccc24)NC3c2ccc(OC)cc2)cc1. The van der Waals surface area contributed by atoms with E-state index < -0.39 is 0 Å². The summed E-state index contributed by atoms with van der Waals surface area (Å²) in [5.74, 6) is 2.04. The van der Waals surface area contributed by atoms with Crippen molar-refractivity contribution in [2.24, 2.45) is 0 Å². The maximum atomic E-state index is 14.0. The van der Waals surface area contributed by atoms with E-state index in [-0.39, 0.29) is 17.7 Å². The molecule has 38 heavy (non-hydrogen) atoms. The van der Waals surface area contributed by atoms with Crippen molar-refractivity contribution in [2.75, 3.05) is 19.0 Å². The quantitative estimate of drug-likeness (QED) is 0.259. The van der Waals surface area contributed by atoms with Crippen LogP contribution in [0.2, 0.25) is 0 Å². The van der Waals surface area contributed by atoms with Crippen LogP contribution >= 0.6 is 0 Å². The molecule has 6 rings (SSSR count). The van der Waals surface area contributed by atoms with Crippen molar-refractivity contribution in [3.63, 3.8) is 0 Å². The molecule has 4 aromatic rings. The van der Waals surface area contributed by atoms with E-state index in [1.165, 1.54) is 27.5 Å². The lowest BCUT2D eigenvalue weighted by molar-refractivity contribution is -0.116. The van der Waals surface area contributed by atoms with Crippen molar-refractivity contribution in [2.45, 2.75) is 44.6 Å². The third-order valence-electron chi connectivity index (χ3n) is 7.89. The minimum atomic E-state index is -0.188. The van der Waals surface area contributed by atoms with Crippen LogP contribution in [0.15, 0.2) is 90.5 Å². The largest absolute Gasteiger partial charge is 0.497 e. The molecule has 2 atom stereocenters. The Bertz CT molecular complexity index is 1500. The van der Waals surface area contributed by atoms with Gasteiger partial charge in [0.1, 0.15) is 11.5 Å². The third-order valence-corrected chi connectivity index (χ3v) is 7.89. The monoisotopic (exact) mass is 503 g/mol. The average molecular weight is 504 g/mol. The number of rotatable bonds is 7. The van der Waals surface area contributed by atoms with Gasteiger partial charge in [-0.25, -0.2) is 0 Å². The Hall–Kier alpha value is -4.05. The van der Waals surface area contributed by atoms with Gasteiger partial charge in [0, 0.05) is 23.2 Å². The molecule has 0 aromatic heterocycles. The van der Waals surface area contributed by atoms with E-state index >= 15 is 0 Å². The molecule has 4 aromatic carbocycles. The molecule has 1 heterocycles. The van der Waals surface area contributed by atoms with Gasteiger partial charge in [0.25, 0.3) is 0 Å². The van der Waals surface area contributed by atoms with Crippen LogP contribution in [0.1, 0.15) is 61.3 Å². The van der Waals surface area contributed by atoms with E-state index in [9.17, 15) is 4.79 Å². The Balaban J connectivity index is 1.42. The summed E-state index contributed by atoms with van der Waals surface area (Å²) in [6.07, 6.45) is 3.49. The smallest absolute Gasteiger partial charge is 0.162 e. The second-order valence-corrected chi connectivity index (χ2v) is 10.3. The summed E-state index contributed by atoms with van der Waals surface area (Å²) in [5.41, 5.74) is 6.57. The fourth-order valence-corrected chi connectivity index (χ4v) is 5.90. The van der Waals surface area contributed by atoms with Crippen LogP contribution in [-0.4, -0.2) is 19.5 Å². The number of allylic oxidation sites excluding steroid dienone is 1. The summed E-state index contributed by atoms with van der Waals surface area (Å²) in [4.78, 5) is 14.0. The van der Waals surface area contributed by atoms with Gasteiger partial charge >= 0.3 is 0 Å². The van der Waals surface area contributed by atoms with Gasteiger partial charge in [-0.05, 0) is 76.6 Å². The second kappa shape index (κ2) is 10.4. The molecule has 1 aliphatic heterocycles. The molecule has 2 aliphatic rings. The molecular weight excluding hydrogens is 470 g/mol. The highest BCUT2D eigenvalue weighted by molar-refractivity contribution is 6.13. The predicted molar refractivity (Wildman–Crippen MR) is 154 cm³/mol. The topological polar surface area (TPSA) is 47.6 Å². The number of ketones is 1. The standard InChI is InChI=1S/C34H33NO3/c1-3-4-19-38-27-16-9-22(10-17-27)25-20-29-32-28-8-6-5-7-23(28)13-18-30(32)35-34(33(29)31(36)21-25)24-11-14-26(37-2)15-12-24/h5-18,25,34-35H,3-4,19-21H2,1-2H3. The summed E-state index contributed by atoms with van der Waals surface area (Å²) < 4.78 is 11.3. The molecule has 0 radical (unpaired) electrons. The van der Waals surface area contributed by atoms with Gasteiger partial charge in [-0.15, -0.1) is 0 Å². The predicted octanol–water partition coefficient (Wildman–Crippen LogP) is 8.09. The van der Waals surface area contributed by atoms with Gasteiger partial charge in [-0.2, -0.15) is 0 Å². The van der Waals surface area contributed by atoms with Crippen LogP contribution in [0.5, 0.6) is 11.5 Å². The van der Waals surface area contributed by atoms with Crippen molar-refractivity contribution < 1.29 is 14.3 Å². The first-order valence-corrected chi connectivity index (χ1v) is 13.6. The van der Waals surface area contributed by atoms with E-state index in [4.69, 9.17) is 9.47 Å². The highest BCUT2D eigenvalue weighted by Crippen LogP contribution is 2.51. The van der Waals surface area contributed by atoms with Gasteiger partial charge in [0.15, 0.2) is 5.78 Å². The number of hydrogen-bond donors (Lipinski definition) is 1. The second-order valence-electron chi connectivity index (χ2n) is 10.3. The van der Waals surface area contributed by atoms with Gasteiger partial charge in [0.05, 0.1) is 19.8 Å². The maximum Gasteiger partial charge on any atom is 0.162 e. The van der Waals surface area contributed by atoms with Crippen LogP contribution in [0.4, 0.5) is 5.69 Å². The lowest BCUT2D eigenvalue weighted by Crippen LogP contribution is -2.29. The number of methoxy groups -OCH3 is 1. The molecule has 0 bridgehead atoms. The number of benzene rings is 4. The zero-order chi connectivity index (χ0) is 26.1. The van der Waals surface area contributed by atoms with Crippen molar-refractivity contribution in [1.29, 1.82) is 0 Å². The first kappa shape index (κ1) is 24.3. The number of nitrogens with one attached hydrogen (secondary N) is 1. The molecule has 0 spiro atoms. The van der Waals surface area contributed by atoms with E-state index in [1.54, 1.807) is 7.11 Å². The third kappa shape index (κ3) is 4.45. The molecule has 0 amide bonds. The molecule has 1 aliphatic carbocycles. The average Bonchev–Trinajstić information content (AvgIpc) is 2.97. The van der Waals surface area contributed by atoms with Gasteiger partial charge in [-0.1, -0.05) is 67.9 Å². The van der Waals surface area contributed by atoms with Gasteiger partial charge < -0.3 is 14.8 Å². The van der Waals surface area contributed by atoms with Gasteiger partial charge in [-0.3, -0.25) is 4.79 Å². The highest BCUT2D eigenvalue weighted by atomic mass is 16.5. The first-order valence-electron chi connectivity index (χ1n) is 13.6. The van der Waals surface area contributed by atoms with E-state index in [1.807, 2.05) is 24.3 Å². The lowest BCUT2D eigenvalue weighted by atomic mass is 9.71. The van der Waals surface area contributed by atoms with Crippen molar-refractivity contribution in [1.82, 2.24) is 0 Å². The van der Waals surface area contributed by atoms with E-state index in [0.717, 1.165) is 54.2 Å². The normalized spacial score (nSPS) is 18.5. The summed E-state index contributed by atoms with van der Waals surface area (Å²) in [6, 6.07) is 29.0. The van der Waals surface area contributed by atoms with Crippen LogP contribution in [-0.2, 0) is 4.79 Å². The number of Topliss-reactive ketones (excluding diaryl/α,β-unsaturated/α-hetero) is 1. The highest BCUT2D eigenvalue weighted by Gasteiger charge is 2.38.